The number of esters is 1. The predicted octanol–water partition coefficient (Wildman–Crippen LogP) is 0.921. The minimum atomic E-state index is -0.875. The van der Waals surface area contributed by atoms with Gasteiger partial charge < -0.3 is 15.8 Å². The summed E-state index contributed by atoms with van der Waals surface area (Å²) >= 11 is 0. The Labute approximate surface area is 89.3 Å². The summed E-state index contributed by atoms with van der Waals surface area (Å²) in [5.74, 6) is -0.358. The van der Waals surface area contributed by atoms with Crippen LogP contribution in [0.4, 0.5) is 4.79 Å². The van der Waals surface area contributed by atoms with Crippen LogP contribution >= 0.6 is 0 Å². The van der Waals surface area contributed by atoms with E-state index in [-0.39, 0.29) is 5.97 Å². The number of nitrogens with two attached hydrogens (primary N) is 1. The Morgan fingerprint density at radius 2 is 1.93 bits per heavy atom. The third kappa shape index (κ3) is 2.84. The van der Waals surface area contributed by atoms with E-state index >= 15 is 0 Å². The molecule has 0 heterocycles. The zero-order valence-electron chi connectivity index (χ0n) is 9.04. The smallest absolute Gasteiger partial charge is 0.331 e. The molecular formula is C10H18N2O3. The maximum atomic E-state index is 11.8. The Morgan fingerprint density at radius 1 is 1.33 bits per heavy atom. The van der Waals surface area contributed by atoms with Crippen molar-refractivity contribution < 1.29 is 14.3 Å². The Hall–Kier alpha value is -1.26. The lowest BCUT2D eigenvalue weighted by Crippen LogP contribution is -2.57. The highest BCUT2D eigenvalue weighted by molar-refractivity contribution is 5.86. The van der Waals surface area contributed by atoms with Crippen molar-refractivity contribution in [3.8, 4) is 0 Å². The Balaban J connectivity index is 2.74. The molecule has 0 aliphatic heterocycles. The summed E-state index contributed by atoms with van der Waals surface area (Å²) in [6, 6.07) is -0.662. The third-order valence-electron chi connectivity index (χ3n) is 2.74. The first kappa shape index (κ1) is 11.8. The topological polar surface area (TPSA) is 81.4 Å². The van der Waals surface area contributed by atoms with Gasteiger partial charge in [0.2, 0.25) is 0 Å². The number of ether oxygens (including phenoxy) is 1. The average Bonchev–Trinajstić information content (AvgIpc) is 2.18. The second-order valence-electron chi connectivity index (χ2n) is 3.85. The number of carbonyl (C=O) groups is 2. The van der Waals surface area contributed by atoms with Crippen LogP contribution in [0.1, 0.15) is 39.0 Å². The van der Waals surface area contributed by atoms with E-state index in [9.17, 15) is 9.59 Å². The fraction of sp³-hybridized carbons (Fsp3) is 0.800. The van der Waals surface area contributed by atoms with Crippen molar-refractivity contribution in [3.05, 3.63) is 0 Å². The van der Waals surface area contributed by atoms with Gasteiger partial charge in [-0.2, -0.15) is 0 Å². The number of hydrogen-bond donors (Lipinski definition) is 2. The van der Waals surface area contributed by atoms with Crippen molar-refractivity contribution in [2.75, 3.05) is 6.61 Å². The molecule has 0 saturated heterocycles. The highest BCUT2D eigenvalue weighted by Crippen LogP contribution is 2.29. The number of amides is 2. The normalized spacial score (nSPS) is 19.3. The van der Waals surface area contributed by atoms with Crippen LogP contribution in [0.15, 0.2) is 0 Å². The van der Waals surface area contributed by atoms with Crippen molar-refractivity contribution in [2.45, 2.75) is 44.6 Å². The van der Waals surface area contributed by atoms with Crippen molar-refractivity contribution in [1.29, 1.82) is 0 Å². The molecule has 15 heavy (non-hydrogen) atoms. The number of carbonyl (C=O) groups excluding carboxylic acids is 2. The minimum absolute atomic E-state index is 0.320. The first-order chi connectivity index (χ1) is 7.10. The van der Waals surface area contributed by atoms with Gasteiger partial charge in [-0.15, -0.1) is 0 Å². The zero-order chi connectivity index (χ0) is 11.3. The van der Waals surface area contributed by atoms with Gasteiger partial charge in [0.05, 0.1) is 6.61 Å². The fourth-order valence-corrected chi connectivity index (χ4v) is 2.04. The monoisotopic (exact) mass is 214 g/mol. The molecular weight excluding hydrogens is 196 g/mol. The van der Waals surface area contributed by atoms with Gasteiger partial charge in [0.1, 0.15) is 5.54 Å². The molecule has 0 spiro atoms. The molecule has 0 aromatic carbocycles. The lowest BCUT2D eigenvalue weighted by molar-refractivity contribution is -0.152. The summed E-state index contributed by atoms with van der Waals surface area (Å²) in [4.78, 5) is 22.6. The molecule has 3 N–H and O–H groups in total. The van der Waals surface area contributed by atoms with Crippen LogP contribution in [0.5, 0.6) is 0 Å². The highest BCUT2D eigenvalue weighted by atomic mass is 16.5. The molecule has 2 amide bonds. The summed E-state index contributed by atoms with van der Waals surface area (Å²) in [6.45, 7) is 2.07. The van der Waals surface area contributed by atoms with Gasteiger partial charge in [-0.3, -0.25) is 0 Å². The Morgan fingerprint density at radius 3 is 2.40 bits per heavy atom. The number of primary amides is 1. The number of rotatable bonds is 3. The molecule has 5 nitrogen and oxygen atoms in total. The first-order valence-electron chi connectivity index (χ1n) is 5.35. The molecule has 0 atom stereocenters. The van der Waals surface area contributed by atoms with Crippen LogP contribution in [0, 0.1) is 0 Å². The highest BCUT2D eigenvalue weighted by Gasteiger charge is 2.41. The summed E-state index contributed by atoms with van der Waals surface area (Å²) in [5.41, 5.74) is 4.21. The second kappa shape index (κ2) is 5.00. The van der Waals surface area contributed by atoms with Crippen LogP contribution in [0.2, 0.25) is 0 Å². The van der Waals surface area contributed by atoms with E-state index in [2.05, 4.69) is 5.32 Å². The van der Waals surface area contributed by atoms with E-state index in [0.717, 1.165) is 19.3 Å². The van der Waals surface area contributed by atoms with Crippen molar-refractivity contribution >= 4 is 12.0 Å². The van der Waals surface area contributed by atoms with Gasteiger partial charge in [-0.1, -0.05) is 19.3 Å². The fourth-order valence-electron chi connectivity index (χ4n) is 2.04. The van der Waals surface area contributed by atoms with Gasteiger partial charge in [0, 0.05) is 0 Å². The largest absolute Gasteiger partial charge is 0.464 e. The van der Waals surface area contributed by atoms with Gasteiger partial charge in [-0.05, 0) is 19.8 Å². The van der Waals surface area contributed by atoms with E-state index in [4.69, 9.17) is 10.5 Å². The third-order valence-corrected chi connectivity index (χ3v) is 2.74. The van der Waals surface area contributed by atoms with Crippen LogP contribution in [-0.2, 0) is 9.53 Å². The van der Waals surface area contributed by atoms with Crippen molar-refractivity contribution in [1.82, 2.24) is 5.32 Å². The predicted molar refractivity (Wildman–Crippen MR) is 55.2 cm³/mol. The maximum Gasteiger partial charge on any atom is 0.331 e. The molecule has 5 heteroatoms. The van der Waals surface area contributed by atoms with Crippen LogP contribution in [0.3, 0.4) is 0 Å². The summed E-state index contributed by atoms with van der Waals surface area (Å²) in [7, 11) is 0. The SMILES string of the molecule is CCOC(=O)C1(NC(N)=O)CCCCC1. The van der Waals surface area contributed by atoms with E-state index in [1.807, 2.05) is 0 Å². The first-order valence-corrected chi connectivity index (χ1v) is 5.35. The van der Waals surface area contributed by atoms with Crippen LogP contribution in [0.25, 0.3) is 0 Å². The van der Waals surface area contributed by atoms with E-state index in [1.165, 1.54) is 0 Å². The zero-order valence-corrected chi connectivity index (χ0v) is 9.04. The lowest BCUT2D eigenvalue weighted by Gasteiger charge is -2.34. The molecule has 0 unspecified atom stereocenters. The van der Waals surface area contributed by atoms with Crippen molar-refractivity contribution in [3.63, 3.8) is 0 Å². The number of urea groups is 1. The molecule has 1 aliphatic carbocycles. The molecule has 0 aromatic rings. The van der Waals surface area contributed by atoms with Gasteiger partial charge in [-0.25, -0.2) is 9.59 Å². The molecule has 1 aliphatic rings. The molecule has 1 saturated carbocycles. The van der Waals surface area contributed by atoms with E-state index in [1.54, 1.807) is 6.92 Å². The maximum absolute atomic E-state index is 11.8. The molecule has 0 radical (unpaired) electrons. The minimum Gasteiger partial charge on any atom is -0.464 e. The summed E-state index contributed by atoms with van der Waals surface area (Å²) < 4.78 is 4.98. The average molecular weight is 214 g/mol. The van der Waals surface area contributed by atoms with Crippen LogP contribution < -0.4 is 11.1 Å². The second-order valence-corrected chi connectivity index (χ2v) is 3.85. The quantitative estimate of drug-likeness (QED) is 0.685. The van der Waals surface area contributed by atoms with Gasteiger partial charge in [0.15, 0.2) is 0 Å². The summed E-state index contributed by atoms with van der Waals surface area (Å²) in [6.07, 6.45) is 4.16. The lowest BCUT2D eigenvalue weighted by atomic mass is 9.82. The number of nitrogens with one attached hydrogen (secondary N) is 1. The van der Waals surface area contributed by atoms with Crippen LogP contribution in [-0.4, -0.2) is 24.1 Å². The van der Waals surface area contributed by atoms with E-state index < -0.39 is 11.6 Å². The van der Waals surface area contributed by atoms with Crippen molar-refractivity contribution in [2.24, 2.45) is 5.73 Å². The van der Waals surface area contributed by atoms with Gasteiger partial charge in [0.25, 0.3) is 0 Å². The molecule has 1 rings (SSSR count). The number of hydrogen-bond acceptors (Lipinski definition) is 3. The summed E-state index contributed by atoms with van der Waals surface area (Å²) in [5, 5.41) is 2.54. The molecule has 0 aromatic heterocycles. The van der Waals surface area contributed by atoms with E-state index in [0.29, 0.717) is 19.4 Å². The Bertz CT molecular complexity index is 247. The standard InChI is InChI=1S/C10H18N2O3/c1-2-15-8(13)10(12-9(11)14)6-4-3-5-7-10/h2-7H2,1H3,(H3,11,12,14). The Kier molecular flexibility index (Phi) is 3.94. The van der Waals surface area contributed by atoms with Gasteiger partial charge >= 0.3 is 12.0 Å². The molecule has 1 fully saturated rings. The molecule has 0 bridgehead atoms. The molecule has 86 valence electrons.